The zero-order valence-corrected chi connectivity index (χ0v) is 20.4. The molecule has 0 bridgehead atoms. The average Bonchev–Trinajstić information content (AvgIpc) is 3.56. The van der Waals surface area contributed by atoms with E-state index in [1.54, 1.807) is 22.9 Å². The summed E-state index contributed by atoms with van der Waals surface area (Å²) in [6.07, 6.45) is 5.99. The summed E-state index contributed by atoms with van der Waals surface area (Å²) in [4.78, 5) is 17.2. The Balaban J connectivity index is 1.36. The molecule has 0 unspecified atom stereocenters. The zero-order chi connectivity index (χ0) is 24.9. The number of hydrogen-bond acceptors (Lipinski definition) is 4. The van der Waals surface area contributed by atoms with Crippen LogP contribution in [0.2, 0.25) is 0 Å². The molecule has 0 atom stereocenters. The van der Waals surface area contributed by atoms with E-state index in [-0.39, 0.29) is 11.7 Å². The molecule has 7 heteroatoms. The third-order valence-electron chi connectivity index (χ3n) is 5.69. The van der Waals surface area contributed by atoms with Crippen molar-refractivity contribution in [1.82, 2.24) is 14.8 Å². The van der Waals surface area contributed by atoms with Crippen LogP contribution in [-0.2, 0) is 11.2 Å². The van der Waals surface area contributed by atoms with Crippen molar-refractivity contribution in [3.8, 4) is 28.2 Å². The molecule has 0 aliphatic heterocycles. The number of thiazole rings is 1. The molecule has 5 rings (SSSR count). The molecule has 3 aromatic carbocycles. The van der Waals surface area contributed by atoms with Gasteiger partial charge in [0.25, 0.3) is 0 Å². The number of anilines is 1. The van der Waals surface area contributed by atoms with E-state index in [0.717, 1.165) is 34.5 Å². The molecule has 2 aromatic heterocycles. The highest BCUT2D eigenvalue weighted by atomic mass is 32.1. The van der Waals surface area contributed by atoms with Gasteiger partial charge in [-0.1, -0.05) is 49.4 Å². The van der Waals surface area contributed by atoms with E-state index in [9.17, 15) is 9.18 Å². The quantitative estimate of drug-likeness (QED) is 0.247. The first-order valence-corrected chi connectivity index (χ1v) is 12.4. The minimum absolute atomic E-state index is 0.297. The fourth-order valence-electron chi connectivity index (χ4n) is 3.74. The standard InChI is InChI=1S/C29H23FN4OS/c1-2-20-8-10-21(11-9-20)26-19-36-29(31-26)32-27(35)17-14-23-18-34(25-6-4-3-5-7-25)33-28(23)22-12-15-24(30)16-13-22/h3-19H,2H2,1H3,(H,31,32,35). The van der Waals surface area contributed by atoms with Crippen LogP contribution in [0, 0.1) is 5.82 Å². The number of carbonyl (C=O) groups is 1. The lowest BCUT2D eigenvalue weighted by Gasteiger charge is -2.00. The number of aryl methyl sites for hydroxylation is 1. The monoisotopic (exact) mass is 494 g/mol. The minimum Gasteiger partial charge on any atom is -0.298 e. The van der Waals surface area contributed by atoms with Gasteiger partial charge in [0.05, 0.1) is 17.1 Å². The lowest BCUT2D eigenvalue weighted by Crippen LogP contribution is -2.07. The Hall–Kier alpha value is -4.36. The van der Waals surface area contributed by atoms with Crippen molar-refractivity contribution in [2.24, 2.45) is 0 Å². The molecule has 1 N–H and O–H groups in total. The molecular formula is C29H23FN4OS. The van der Waals surface area contributed by atoms with E-state index >= 15 is 0 Å². The predicted molar refractivity (Wildman–Crippen MR) is 144 cm³/mol. The van der Waals surface area contributed by atoms with Crippen LogP contribution >= 0.6 is 11.3 Å². The highest BCUT2D eigenvalue weighted by molar-refractivity contribution is 7.14. The molecule has 0 aliphatic carbocycles. The summed E-state index contributed by atoms with van der Waals surface area (Å²) >= 11 is 1.38. The number of benzene rings is 3. The SMILES string of the molecule is CCc1ccc(-c2csc(NC(=O)C=Cc3cn(-c4ccccc4)nc3-c3ccc(F)cc3)n2)cc1. The molecule has 0 aliphatic rings. The highest BCUT2D eigenvalue weighted by Gasteiger charge is 2.12. The van der Waals surface area contributed by atoms with Crippen LogP contribution in [0.1, 0.15) is 18.1 Å². The second kappa shape index (κ2) is 10.5. The van der Waals surface area contributed by atoms with Crippen molar-refractivity contribution >= 4 is 28.5 Å². The van der Waals surface area contributed by atoms with Gasteiger partial charge in [-0.3, -0.25) is 10.1 Å². The molecule has 5 nitrogen and oxygen atoms in total. The smallest absolute Gasteiger partial charge is 0.250 e. The number of para-hydroxylation sites is 1. The van der Waals surface area contributed by atoms with Gasteiger partial charge < -0.3 is 0 Å². The first-order chi connectivity index (χ1) is 17.6. The highest BCUT2D eigenvalue weighted by Crippen LogP contribution is 2.27. The van der Waals surface area contributed by atoms with Crippen LogP contribution in [0.5, 0.6) is 0 Å². The van der Waals surface area contributed by atoms with Gasteiger partial charge in [-0.05, 0) is 54.5 Å². The number of nitrogens with zero attached hydrogens (tertiary/aromatic N) is 3. The van der Waals surface area contributed by atoms with Gasteiger partial charge >= 0.3 is 0 Å². The maximum atomic E-state index is 13.5. The Bertz CT molecular complexity index is 1500. The van der Waals surface area contributed by atoms with Gasteiger partial charge in [-0.2, -0.15) is 5.10 Å². The summed E-state index contributed by atoms with van der Waals surface area (Å²) in [6.45, 7) is 2.12. The average molecular weight is 495 g/mol. The molecule has 1 amide bonds. The van der Waals surface area contributed by atoms with E-state index in [1.807, 2.05) is 54.0 Å². The number of halogens is 1. The second-order valence-electron chi connectivity index (χ2n) is 8.13. The van der Waals surface area contributed by atoms with Gasteiger partial charge in [0, 0.05) is 34.3 Å². The Kier molecular flexibility index (Phi) is 6.82. The predicted octanol–water partition coefficient (Wildman–Crippen LogP) is 7.02. The first-order valence-electron chi connectivity index (χ1n) is 11.5. The number of aromatic nitrogens is 3. The van der Waals surface area contributed by atoms with Gasteiger partial charge in [0.2, 0.25) is 5.91 Å². The van der Waals surface area contributed by atoms with E-state index in [4.69, 9.17) is 5.10 Å². The van der Waals surface area contributed by atoms with E-state index in [1.165, 1.54) is 35.1 Å². The Morgan fingerprint density at radius 2 is 1.72 bits per heavy atom. The molecule has 0 saturated heterocycles. The number of amides is 1. The number of nitrogens with one attached hydrogen (secondary N) is 1. The van der Waals surface area contributed by atoms with Crippen LogP contribution in [-0.4, -0.2) is 20.7 Å². The maximum absolute atomic E-state index is 13.5. The molecular weight excluding hydrogens is 471 g/mol. The van der Waals surface area contributed by atoms with Crippen LogP contribution < -0.4 is 5.32 Å². The third kappa shape index (κ3) is 5.31. The molecule has 36 heavy (non-hydrogen) atoms. The number of rotatable bonds is 7. The molecule has 5 aromatic rings. The van der Waals surface area contributed by atoms with Crippen molar-refractivity contribution in [2.75, 3.05) is 5.32 Å². The summed E-state index contributed by atoms with van der Waals surface area (Å²) in [5.74, 6) is -0.614. The molecule has 0 saturated carbocycles. The van der Waals surface area contributed by atoms with Crippen molar-refractivity contribution in [1.29, 1.82) is 0 Å². The second-order valence-corrected chi connectivity index (χ2v) is 8.99. The number of carbonyl (C=O) groups excluding carboxylic acids is 1. The van der Waals surface area contributed by atoms with Crippen LogP contribution in [0.3, 0.4) is 0 Å². The number of hydrogen-bond donors (Lipinski definition) is 1. The fourth-order valence-corrected chi connectivity index (χ4v) is 4.46. The Labute approximate surface area is 212 Å². The van der Waals surface area contributed by atoms with E-state index < -0.39 is 0 Å². The first kappa shape index (κ1) is 23.4. The van der Waals surface area contributed by atoms with Crippen molar-refractivity contribution in [3.63, 3.8) is 0 Å². The summed E-state index contributed by atoms with van der Waals surface area (Å²) in [7, 11) is 0. The van der Waals surface area contributed by atoms with Crippen molar-refractivity contribution in [2.45, 2.75) is 13.3 Å². The third-order valence-corrected chi connectivity index (χ3v) is 6.45. The summed E-state index contributed by atoms with van der Waals surface area (Å²) < 4.78 is 15.2. The summed E-state index contributed by atoms with van der Waals surface area (Å²) in [5, 5.41) is 9.98. The largest absolute Gasteiger partial charge is 0.298 e. The Morgan fingerprint density at radius 3 is 2.44 bits per heavy atom. The van der Waals surface area contributed by atoms with Gasteiger partial charge in [0.1, 0.15) is 5.82 Å². The fraction of sp³-hybridized carbons (Fsp3) is 0.0690. The lowest BCUT2D eigenvalue weighted by molar-refractivity contribution is -0.111. The molecule has 0 fully saturated rings. The van der Waals surface area contributed by atoms with E-state index in [0.29, 0.717) is 10.8 Å². The summed E-state index contributed by atoms with van der Waals surface area (Å²) in [5.41, 5.74) is 6.12. The van der Waals surface area contributed by atoms with Crippen LogP contribution in [0.4, 0.5) is 9.52 Å². The molecule has 0 spiro atoms. The van der Waals surface area contributed by atoms with E-state index in [2.05, 4.69) is 29.4 Å². The van der Waals surface area contributed by atoms with Crippen molar-refractivity contribution < 1.29 is 9.18 Å². The Morgan fingerprint density at radius 1 is 1.00 bits per heavy atom. The van der Waals surface area contributed by atoms with Gasteiger partial charge in [-0.15, -0.1) is 11.3 Å². The van der Waals surface area contributed by atoms with Gasteiger partial charge in [0.15, 0.2) is 5.13 Å². The molecule has 0 radical (unpaired) electrons. The molecule has 2 heterocycles. The normalized spacial score (nSPS) is 11.2. The minimum atomic E-state index is -0.318. The summed E-state index contributed by atoms with van der Waals surface area (Å²) in [6, 6.07) is 24.1. The van der Waals surface area contributed by atoms with Crippen molar-refractivity contribution in [3.05, 3.63) is 113 Å². The zero-order valence-electron chi connectivity index (χ0n) is 19.6. The molecule has 178 valence electrons. The van der Waals surface area contributed by atoms with Crippen LogP contribution in [0.15, 0.2) is 96.5 Å². The maximum Gasteiger partial charge on any atom is 0.250 e. The topological polar surface area (TPSA) is 59.8 Å². The van der Waals surface area contributed by atoms with Gasteiger partial charge in [-0.25, -0.2) is 14.1 Å². The van der Waals surface area contributed by atoms with Crippen LogP contribution in [0.25, 0.3) is 34.3 Å². The lowest BCUT2D eigenvalue weighted by atomic mass is 10.1.